The number of hydrogen-bond acceptors (Lipinski definition) is 9. The molecular formula is C15H17N7O3. The maximum absolute atomic E-state index is 11.4. The zero-order chi connectivity index (χ0) is 17.6. The van der Waals surface area contributed by atoms with E-state index in [1.807, 2.05) is 12.1 Å². The van der Waals surface area contributed by atoms with Gasteiger partial charge in [-0.2, -0.15) is 0 Å². The molecule has 0 spiro atoms. The van der Waals surface area contributed by atoms with E-state index in [1.54, 1.807) is 13.2 Å². The molecule has 3 aromatic heterocycles. The lowest BCUT2D eigenvalue weighted by atomic mass is 10.2. The number of rotatable bonds is 7. The molecule has 130 valence electrons. The van der Waals surface area contributed by atoms with Crippen LogP contribution in [0.5, 0.6) is 5.88 Å². The second-order valence-corrected chi connectivity index (χ2v) is 5.07. The Kier molecular flexibility index (Phi) is 4.97. The maximum atomic E-state index is 11.4. The largest absolute Gasteiger partial charge is 0.481 e. The van der Waals surface area contributed by atoms with Gasteiger partial charge in [0, 0.05) is 24.7 Å². The molecule has 0 atom stereocenters. The number of methoxy groups -OCH3 is 2. The predicted octanol–water partition coefficient (Wildman–Crippen LogP) is 0.452. The first kappa shape index (κ1) is 16.6. The van der Waals surface area contributed by atoms with Crippen molar-refractivity contribution in [2.75, 3.05) is 26.1 Å². The van der Waals surface area contributed by atoms with Crippen molar-refractivity contribution in [3.05, 3.63) is 30.2 Å². The smallest absolute Gasteiger partial charge is 0.327 e. The molecular weight excluding hydrogens is 326 g/mol. The number of ether oxygens (including phenoxy) is 2. The predicted molar refractivity (Wildman–Crippen MR) is 88.1 cm³/mol. The zero-order valence-electron chi connectivity index (χ0n) is 13.8. The van der Waals surface area contributed by atoms with Crippen LogP contribution in [0.4, 0.5) is 5.82 Å². The van der Waals surface area contributed by atoms with Gasteiger partial charge < -0.3 is 14.8 Å². The van der Waals surface area contributed by atoms with E-state index in [1.165, 1.54) is 18.1 Å². The molecule has 3 aromatic rings. The Hall–Kier alpha value is -3.30. The van der Waals surface area contributed by atoms with Crippen LogP contribution in [0, 0.1) is 0 Å². The molecule has 0 unspecified atom stereocenters. The number of fused-ring (bicyclic) bond motifs is 1. The molecule has 0 amide bonds. The van der Waals surface area contributed by atoms with Gasteiger partial charge in [-0.25, -0.2) is 19.6 Å². The van der Waals surface area contributed by atoms with Crippen molar-refractivity contribution in [1.82, 2.24) is 29.9 Å². The molecule has 0 aliphatic rings. The van der Waals surface area contributed by atoms with E-state index in [-0.39, 0.29) is 6.54 Å². The van der Waals surface area contributed by atoms with Gasteiger partial charge in [-0.05, 0) is 6.07 Å². The molecule has 0 bridgehead atoms. The molecule has 25 heavy (non-hydrogen) atoms. The third-order valence-electron chi connectivity index (χ3n) is 3.47. The third kappa shape index (κ3) is 3.79. The molecule has 1 N–H and O–H groups in total. The number of nitrogens with one attached hydrogen (secondary N) is 1. The van der Waals surface area contributed by atoms with Crippen molar-refractivity contribution >= 4 is 23.0 Å². The Morgan fingerprint density at radius 1 is 1.28 bits per heavy atom. The van der Waals surface area contributed by atoms with Gasteiger partial charge in [0.2, 0.25) is 5.88 Å². The maximum Gasteiger partial charge on any atom is 0.327 e. The minimum absolute atomic E-state index is 0.0583. The molecule has 0 aromatic carbocycles. The summed E-state index contributed by atoms with van der Waals surface area (Å²) in [5.74, 6) is 0.695. The number of nitrogens with zero attached hydrogens (tertiary/aromatic N) is 6. The fourth-order valence-electron chi connectivity index (χ4n) is 2.23. The van der Waals surface area contributed by atoms with E-state index < -0.39 is 5.97 Å². The van der Waals surface area contributed by atoms with Gasteiger partial charge in [0.05, 0.1) is 14.2 Å². The molecule has 3 rings (SSSR count). The van der Waals surface area contributed by atoms with Gasteiger partial charge in [0.15, 0.2) is 17.0 Å². The summed E-state index contributed by atoms with van der Waals surface area (Å²) in [6.07, 6.45) is 2.07. The zero-order valence-corrected chi connectivity index (χ0v) is 13.8. The van der Waals surface area contributed by atoms with E-state index in [0.29, 0.717) is 35.8 Å². The lowest BCUT2D eigenvalue weighted by Gasteiger charge is -2.06. The molecule has 10 heteroatoms. The summed E-state index contributed by atoms with van der Waals surface area (Å²) >= 11 is 0. The standard InChI is InChI=1S/C15H17N7O3/c1-24-11-5-3-4-10(19-11)6-7-16-14-13-15(18-9-17-14)22(21-20-13)8-12(23)25-2/h3-5,9H,6-8H2,1-2H3,(H,16,17,18). The van der Waals surface area contributed by atoms with Crippen LogP contribution in [-0.2, 0) is 22.5 Å². The molecule has 0 aliphatic heterocycles. The molecule has 0 radical (unpaired) electrons. The molecule has 3 heterocycles. The lowest BCUT2D eigenvalue weighted by Crippen LogP contribution is -2.13. The minimum Gasteiger partial charge on any atom is -0.481 e. The Morgan fingerprint density at radius 2 is 2.16 bits per heavy atom. The van der Waals surface area contributed by atoms with Crippen molar-refractivity contribution in [2.45, 2.75) is 13.0 Å². The van der Waals surface area contributed by atoms with Gasteiger partial charge in [0.1, 0.15) is 12.9 Å². The fraction of sp³-hybridized carbons (Fsp3) is 0.333. The number of anilines is 1. The summed E-state index contributed by atoms with van der Waals surface area (Å²) in [6, 6.07) is 5.61. The summed E-state index contributed by atoms with van der Waals surface area (Å²) < 4.78 is 11.1. The third-order valence-corrected chi connectivity index (χ3v) is 3.47. The number of hydrogen-bond donors (Lipinski definition) is 1. The topological polar surface area (TPSA) is 117 Å². The van der Waals surface area contributed by atoms with Crippen LogP contribution in [0.3, 0.4) is 0 Å². The summed E-state index contributed by atoms with van der Waals surface area (Å²) in [6.45, 7) is 0.535. The SMILES string of the molecule is COC(=O)Cn1nnc2c(NCCc3cccc(OC)n3)ncnc21. The summed E-state index contributed by atoms with van der Waals surface area (Å²) in [7, 11) is 2.90. The Morgan fingerprint density at radius 3 is 2.96 bits per heavy atom. The highest BCUT2D eigenvalue weighted by Gasteiger charge is 2.14. The van der Waals surface area contributed by atoms with Crippen LogP contribution >= 0.6 is 0 Å². The van der Waals surface area contributed by atoms with Crippen LogP contribution in [-0.4, -0.2) is 56.7 Å². The van der Waals surface area contributed by atoms with Gasteiger partial charge in [0.25, 0.3) is 0 Å². The quantitative estimate of drug-likeness (QED) is 0.610. The number of pyridine rings is 1. The first-order valence-corrected chi connectivity index (χ1v) is 7.56. The summed E-state index contributed by atoms with van der Waals surface area (Å²) in [4.78, 5) is 24.1. The van der Waals surface area contributed by atoms with Crippen molar-refractivity contribution in [3.63, 3.8) is 0 Å². The molecule has 10 nitrogen and oxygen atoms in total. The van der Waals surface area contributed by atoms with E-state index in [4.69, 9.17) is 4.74 Å². The van der Waals surface area contributed by atoms with Gasteiger partial charge in [-0.1, -0.05) is 11.3 Å². The van der Waals surface area contributed by atoms with Crippen molar-refractivity contribution in [3.8, 4) is 5.88 Å². The first-order chi connectivity index (χ1) is 12.2. The van der Waals surface area contributed by atoms with Gasteiger partial charge >= 0.3 is 5.97 Å². The van der Waals surface area contributed by atoms with Gasteiger partial charge in [-0.3, -0.25) is 4.79 Å². The molecule has 0 saturated heterocycles. The minimum atomic E-state index is -0.427. The molecule has 0 fully saturated rings. The van der Waals surface area contributed by atoms with Crippen LogP contribution in [0.1, 0.15) is 5.69 Å². The highest BCUT2D eigenvalue weighted by Crippen LogP contribution is 2.16. The Balaban J connectivity index is 1.70. The van der Waals surface area contributed by atoms with Crippen LogP contribution in [0.2, 0.25) is 0 Å². The number of aromatic nitrogens is 6. The lowest BCUT2D eigenvalue weighted by molar-refractivity contribution is -0.141. The Labute approximate surface area is 143 Å². The number of carbonyl (C=O) groups is 1. The second-order valence-electron chi connectivity index (χ2n) is 5.07. The Bertz CT molecular complexity index is 880. The summed E-state index contributed by atoms with van der Waals surface area (Å²) in [5.41, 5.74) is 1.85. The summed E-state index contributed by atoms with van der Waals surface area (Å²) in [5, 5.41) is 11.2. The monoisotopic (exact) mass is 343 g/mol. The van der Waals surface area contributed by atoms with Crippen LogP contribution in [0.25, 0.3) is 11.2 Å². The van der Waals surface area contributed by atoms with Crippen LogP contribution in [0.15, 0.2) is 24.5 Å². The average Bonchev–Trinajstić information content (AvgIpc) is 3.05. The van der Waals surface area contributed by atoms with Gasteiger partial charge in [-0.15, -0.1) is 5.10 Å². The number of esters is 1. The molecule has 0 saturated carbocycles. The van der Waals surface area contributed by atoms with Crippen LogP contribution < -0.4 is 10.1 Å². The normalized spacial score (nSPS) is 10.6. The second kappa shape index (κ2) is 7.51. The fourth-order valence-corrected chi connectivity index (χ4v) is 2.23. The van der Waals surface area contributed by atoms with E-state index in [0.717, 1.165) is 5.69 Å². The van der Waals surface area contributed by atoms with E-state index >= 15 is 0 Å². The van der Waals surface area contributed by atoms with Crippen molar-refractivity contribution < 1.29 is 14.3 Å². The average molecular weight is 343 g/mol. The molecule has 0 aliphatic carbocycles. The first-order valence-electron chi connectivity index (χ1n) is 7.56. The highest BCUT2D eigenvalue weighted by molar-refractivity contribution is 5.82. The number of carbonyl (C=O) groups excluding carboxylic acids is 1. The van der Waals surface area contributed by atoms with E-state index in [2.05, 4.69) is 35.3 Å². The van der Waals surface area contributed by atoms with E-state index in [9.17, 15) is 4.79 Å². The van der Waals surface area contributed by atoms with Crippen molar-refractivity contribution in [2.24, 2.45) is 0 Å². The highest BCUT2D eigenvalue weighted by atomic mass is 16.5. The van der Waals surface area contributed by atoms with Crippen molar-refractivity contribution in [1.29, 1.82) is 0 Å².